The number of allylic oxidation sites excluding steroid dienone is 4. The van der Waals surface area contributed by atoms with Crippen LogP contribution >= 0.6 is 0 Å². The Balaban J connectivity index is 1.17. The molecule has 0 radical (unpaired) electrons. The summed E-state index contributed by atoms with van der Waals surface area (Å²) in [5, 5.41) is 2.63. The average molecular weight is 611 g/mol. The molecule has 0 bridgehead atoms. The van der Waals surface area contributed by atoms with Gasteiger partial charge in [0.2, 0.25) is 0 Å². The molecule has 6 aliphatic rings. The summed E-state index contributed by atoms with van der Waals surface area (Å²) >= 11 is 0. The van der Waals surface area contributed by atoms with Crippen molar-refractivity contribution < 1.29 is 0 Å². The molecule has 2 unspecified atom stereocenters. The Labute approximate surface area is 279 Å². The average Bonchev–Trinajstić information content (AvgIpc) is 3.85. The molecule has 224 valence electrons. The number of benzene rings is 6. The van der Waals surface area contributed by atoms with Crippen molar-refractivity contribution in [2.45, 2.75) is 24.9 Å². The van der Waals surface area contributed by atoms with Crippen molar-refractivity contribution in [1.29, 1.82) is 0 Å². The number of hydrogen-bond donors (Lipinski definition) is 0. The van der Waals surface area contributed by atoms with E-state index in [4.69, 9.17) is 0 Å². The molecule has 2 heteroatoms. The van der Waals surface area contributed by atoms with E-state index < -0.39 is 0 Å². The lowest BCUT2D eigenvalue weighted by Crippen LogP contribution is -2.33. The molecule has 4 heterocycles. The van der Waals surface area contributed by atoms with Gasteiger partial charge in [0.25, 0.3) is 0 Å². The van der Waals surface area contributed by atoms with Gasteiger partial charge in [-0.15, -0.1) is 0 Å². The van der Waals surface area contributed by atoms with Crippen LogP contribution in [0.2, 0.25) is 0 Å². The fourth-order valence-electron chi connectivity index (χ4n) is 9.95. The molecule has 0 saturated carbocycles. The summed E-state index contributed by atoms with van der Waals surface area (Å²) in [5.41, 5.74) is 21.9. The minimum Gasteiger partial charge on any atom is -0.329 e. The zero-order valence-electron chi connectivity index (χ0n) is 26.3. The molecule has 0 fully saturated rings. The van der Waals surface area contributed by atoms with E-state index in [0.717, 1.165) is 12.8 Å². The maximum Gasteiger partial charge on any atom is 0.0854 e. The van der Waals surface area contributed by atoms with Crippen LogP contribution < -0.4 is 9.80 Å². The Hall–Kier alpha value is -5.86. The van der Waals surface area contributed by atoms with Crippen LogP contribution in [0.15, 0.2) is 157 Å². The highest BCUT2D eigenvalue weighted by molar-refractivity contribution is 6.16. The molecule has 4 aliphatic heterocycles. The van der Waals surface area contributed by atoms with Gasteiger partial charge in [0, 0.05) is 33.6 Å². The van der Waals surface area contributed by atoms with E-state index >= 15 is 0 Å². The largest absolute Gasteiger partial charge is 0.329 e. The van der Waals surface area contributed by atoms with Gasteiger partial charge in [0.05, 0.1) is 23.5 Å². The Bertz CT molecular complexity index is 2410. The molecule has 6 aromatic rings. The predicted octanol–water partition coefficient (Wildman–Crippen LogP) is 12.0. The van der Waals surface area contributed by atoms with E-state index in [1.54, 1.807) is 0 Å². The van der Waals surface area contributed by atoms with E-state index in [0.29, 0.717) is 0 Å². The topological polar surface area (TPSA) is 6.48 Å². The summed E-state index contributed by atoms with van der Waals surface area (Å²) < 4.78 is 0. The van der Waals surface area contributed by atoms with Gasteiger partial charge < -0.3 is 9.80 Å². The maximum absolute atomic E-state index is 2.63. The Morgan fingerprint density at radius 1 is 0.396 bits per heavy atom. The van der Waals surface area contributed by atoms with Gasteiger partial charge in [-0.25, -0.2) is 0 Å². The van der Waals surface area contributed by atoms with Crippen LogP contribution in [-0.4, -0.2) is 0 Å². The second kappa shape index (κ2) is 8.93. The molecule has 2 nitrogen and oxygen atoms in total. The lowest BCUT2D eigenvalue weighted by atomic mass is 9.76. The molecule has 12 rings (SSSR count). The van der Waals surface area contributed by atoms with Crippen LogP contribution in [0.1, 0.15) is 47.2 Å². The lowest BCUT2D eigenvalue weighted by molar-refractivity contribution is 0.801. The number of rotatable bonds is 0. The molecule has 0 N–H and O–H groups in total. The first-order valence-electron chi connectivity index (χ1n) is 17.2. The van der Waals surface area contributed by atoms with E-state index in [-0.39, 0.29) is 12.1 Å². The van der Waals surface area contributed by atoms with E-state index in [9.17, 15) is 0 Å². The summed E-state index contributed by atoms with van der Waals surface area (Å²) in [4.78, 5) is 5.26. The minimum atomic E-state index is 0.167. The number of fused-ring (bicyclic) bond motifs is 23. The summed E-state index contributed by atoms with van der Waals surface area (Å²) in [6.07, 6.45) is 11.5. The second-order valence-electron chi connectivity index (χ2n) is 13.8. The lowest BCUT2D eigenvalue weighted by Gasteiger charge is -2.46. The van der Waals surface area contributed by atoms with Crippen LogP contribution in [0.5, 0.6) is 0 Å². The van der Waals surface area contributed by atoms with Crippen LogP contribution in [0.25, 0.3) is 44.2 Å². The first kappa shape index (κ1) is 25.3. The zero-order chi connectivity index (χ0) is 31.1. The summed E-state index contributed by atoms with van der Waals surface area (Å²) in [5.74, 6) is 0. The van der Waals surface area contributed by atoms with Crippen molar-refractivity contribution in [3.8, 4) is 22.3 Å². The van der Waals surface area contributed by atoms with Gasteiger partial charge >= 0.3 is 0 Å². The quantitative estimate of drug-likeness (QED) is 0.169. The fourth-order valence-corrected chi connectivity index (χ4v) is 9.95. The molecule has 0 spiro atoms. The molecule has 6 aromatic carbocycles. The van der Waals surface area contributed by atoms with Gasteiger partial charge in [-0.1, -0.05) is 121 Å². The summed E-state index contributed by atoms with van der Waals surface area (Å²) in [7, 11) is 0. The van der Waals surface area contributed by atoms with Gasteiger partial charge in [-0.2, -0.15) is 0 Å². The highest BCUT2D eigenvalue weighted by Crippen LogP contribution is 2.62. The standard InChI is InChI=1S/C46H30N2/c1-3-15-37-31(13-1)43-33-23-26-42-44(34(33)24-25-41(43)47-39-21-7-5-11-29(39)27-17-9-19-35(27)45(37)47)32-14-2-4-16-38(32)46-36-20-10-18-28(36)30-12-6-8-22-40(30)48(42)46/h1-16,19-26,45-46H,17-18H2. The first-order valence-corrected chi connectivity index (χ1v) is 17.2. The molecule has 2 aliphatic carbocycles. The first-order chi connectivity index (χ1) is 23.9. The van der Waals surface area contributed by atoms with Crippen molar-refractivity contribution in [2.75, 3.05) is 9.80 Å². The third-order valence-corrected chi connectivity index (χ3v) is 11.7. The Morgan fingerprint density at radius 2 is 0.812 bits per heavy atom. The Morgan fingerprint density at radius 3 is 1.29 bits per heavy atom. The smallest absolute Gasteiger partial charge is 0.0854 e. The van der Waals surface area contributed by atoms with Crippen molar-refractivity contribution in [2.24, 2.45) is 0 Å². The van der Waals surface area contributed by atoms with Gasteiger partial charge in [0.15, 0.2) is 0 Å². The van der Waals surface area contributed by atoms with Crippen LogP contribution in [-0.2, 0) is 0 Å². The minimum absolute atomic E-state index is 0.167. The molecule has 2 atom stereocenters. The van der Waals surface area contributed by atoms with Crippen LogP contribution in [0.4, 0.5) is 22.7 Å². The molecule has 0 saturated heterocycles. The molecule has 0 aromatic heterocycles. The third kappa shape index (κ3) is 2.96. The van der Waals surface area contributed by atoms with Crippen molar-refractivity contribution in [3.05, 3.63) is 179 Å². The van der Waals surface area contributed by atoms with Crippen molar-refractivity contribution in [3.63, 3.8) is 0 Å². The zero-order valence-corrected chi connectivity index (χ0v) is 26.3. The van der Waals surface area contributed by atoms with E-state index in [2.05, 4.69) is 155 Å². The van der Waals surface area contributed by atoms with Crippen LogP contribution in [0.3, 0.4) is 0 Å². The number of para-hydroxylation sites is 2. The highest BCUT2D eigenvalue weighted by atomic mass is 15.2. The number of anilines is 4. The normalized spacial score (nSPS) is 19.9. The molecular weight excluding hydrogens is 581 g/mol. The Kier molecular flexibility index (Phi) is 4.70. The molecule has 48 heavy (non-hydrogen) atoms. The van der Waals surface area contributed by atoms with Gasteiger partial charge in [0.1, 0.15) is 0 Å². The van der Waals surface area contributed by atoms with Crippen LogP contribution in [0, 0.1) is 0 Å². The maximum atomic E-state index is 2.63. The summed E-state index contributed by atoms with van der Waals surface area (Å²) in [6, 6.07) is 46.4. The van der Waals surface area contributed by atoms with Crippen molar-refractivity contribution >= 4 is 44.7 Å². The summed E-state index contributed by atoms with van der Waals surface area (Å²) in [6.45, 7) is 0. The number of nitrogens with zero attached hydrogens (tertiary/aromatic N) is 2. The molecule has 0 amide bonds. The van der Waals surface area contributed by atoms with E-state index in [1.165, 1.54) is 100 Å². The van der Waals surface area contributed by atoms with Gasteiger partial charge in [-0.05, 0) is 92.4 Å². The highest BCUT2D eigenvalue weighted by Gasteiger charge is 2.43. The molecular formula is C46H30N2. The number of hydrogen-bond acceptors (Lipinski definition) is 2. The fraction of sp³-hybridized carbons (Fsp3) is 0.0870. The van der Waals surface area contributed by atoms with Gasteiger partial charge in [-0.3, -0.25) is 0 Å². The monoisotopic (exact) mass is 610 g/mol. The van der Waals surface area contributed by atoms with E-state index in [1.807, 2.05) is 0 Å². The van der Waals surface area contributed by atoms with Crippen molar-refractivity contribution in [1.82, 2.24) is 0 Å². The third-order valence-electron chi connectivity index (χ3n) is 11.7. The second-order valence-corrected chi connectivity index (χ2v) is 13.8. The SMILES string of the molecule is C1=CC2=C(C1)c1ccccc1N1c3ccc4c5c(ccc4c3-c3ccccc3C21)N1c2ccccc2C2=C(C=CC2)C1c1ccccc1-5. The predicted molar refractivity (Wildman–Crippen MR) is 199 cm³/mol.